The number of nitrogens with zero attached hydrogens (tertiary/aromatic N) is 7. The van der Waals surface area contributed by atoms with Crippen LogP contribution in [0.15, 0.2) is 66.7 Å². The second-order valence-corrected chi connectivity index (χ2v) is 10.0. The van der Waals surface area contributed by atoms with Gasteiger partial charge in [0.25, 0.3) is 0 Å². The summed E-state index contributed by atoms with van der Waals surface area (Å²) in [5.74, 6) is 1.85. The van der Waals surface area contributed by atoms with Crippen LogP contribution in [0.25, 0.3) is 45.1 Å². The minimum atomic E-state index is 0. The van der Waals surface area contributed by atoms with E-state index in [0.29, 0.717) is 0 Å². The molecule has 5 heterocycles. The number of imidazole rings is 2. The average molecular weight is 599 g/mol. The molecule has 2 fully saturated rings. The zero-order chi connectivity index (χ0) is 23.9. The third kappa shape index (κ3) is 5.76. The number of para-hydroxylation sites is 4. The predicted octanol–water partition coefficient (Wildman–Crippen LogP) is -0.773. The maximum Gasteiger partial charge on any atom is 2.00 e. The van der Waals surface area contributed by atoms with Crippen molar-refractivity contribution in [3.05, 3.63) is 66.7 Å². The molecule has 201 valence electrons. The molecule has 0 amide bonds. The second kappa shape index (κ2) is 12.9. The molecule has 0 aliphatic carbocycles. The summed E-state index contributed by atoms with van der Waals surface area (Å²) in [7, 11) is 0. The summed E-state index contributed by atoms with van der Waals surface area (Å²) in [4.78, 5) is 20.3. The van der Waals surface area contributed by atoms with Crippen molar-refractivity contribution in [2.24, 2.45) is 0 Å². The summed E-state index contributed by atoms with van der Waals surface area (Å²) in [5, 5.41) is 0. The Morgan fingerprint density at radius 3 is 1.36 bits per heavy atom. The molecule has 2 aliphatic heterocycles. The van der Waals surface area contributed by atoms with Crippen molar-refractivity contribution in [2.75, 3.05) is 26.2 Å². The van der Waals surface area contributed by atoms with Crippen LogP contribution in [0.3, 0.4) is 0 Å². The smallest absolute Gasteiger partial charge is 1.00 e. The molecule has 0 atom stereocenters. The molecule has 2 aromatic carbocycles. The fourth-order valence-corrected chi connectivity index (χ4v) is 5.76. The van der Waals surface area contributed by atoms with Crippen LogP contribution in [0.4, 0.5) is 0 Å². The molecule has 1 radical (unpaired) electrons. The first-order valence-corrected chi connectivity index (χ1v) is 13.2. The summed E-state index contributed by atoms with van der Waals surface area (Å²) in [6, 6.07) is 23.1. The molecule has 5 aromatic rings. The molecular weight excluding hydrogens is 568 g/mol. The SMILES string of the molecule is [Cl-].[Cl-].[V+2].c1cc(-c2nc3ccccc3n2CN2CCCC2)nc(-c2nc3ccccc3n2CN2CCCC2)c1. The van der Waals surface area contributed by atoms with E-state index in [1.54, 1.807) is 0 Å². The zero-order valence-corrected chi connectivity index (χ0v) is 24.7. The van der Waals surface area contributed by atoms with Crippen LogP contribution in [0.2, 0.25) is 0 Å². The van der Waals surface area contributed by atoms with Crippen molar-refractivity contribution in [3.63, 3.8) is 0 Å². The van der Waals surface area contributed by atoms with Crippen LogP contribution in [0, 0.1) is 0 Å². The van der Waals surface area contributed by atoms with Gasteiger partial charge in [-0.3, -0.25) is 9.80 Å². The molecule has 10 heteroatoms. The minimum absolute atomic E-state index is 0. The Labute approximate surface area is 253 Å². The molecule has 0 saturated carbocycles. The van der Waals surface area contributed by atoms with Gasteiger partial charge in [-0.25, -0.2) is 15.0 Å². The Morgan fingerprint density at radius 2 is 0.923 bits per heavy atom. The monoisotopic (exact) mass is 598 g/mol. The molecule has 0 N–H and O–H groups in total. The Balaban J connectivity index is 0.00000118. The van der Waals surface area contributed by atoms with E-state index in [1.165, 1.54) is 25.7 Å². The van der Waals surface area contributed by atoms with E-state index in [9.17, 15) is 0 Å². The van der Waals surface area contributed by atoms with Crippen LogP contribution in [-0.4, -0.2) is 60.1 Å². The Hall–Kier alpha value is -2.39. The maximum absolute atomic E-state index is 5.17. The number of hydrogen-bond acceptors (Lipinski definition) is 5. The van der Waals surface area contributed by atoms with Gasteiger partial charge in [-0.2, -0.15) is 0 Å². The zero-order valence-electron chi connectivity index (χ0n) is 21.8. The number of rotatable bonds is 6. The predicted molar refractivity (Wildman–Crippen MR) is 143 cm³/mol. The number of fused-ring (bicyclic) bond motifs is 2. The molecule has 7 nitrogen and oxygen atoms in total. The average Bonchev–Trinajstić information content (AvgIpc) is 3.73. The molecule has 0 spiro atoms. The fraction of sp³-hybridized carbons (Fsp3) is 0.345. The first kappa shape index (κ1) is 29.6. The van der Waals surface area contributed by atoms with Crippen molar-refractivity contribution in [3.8, 4) is 23.0 Å². The number of hydrogen-bond donors (Lipinski definition) is 0. The van der Waals surface area contributed by atoms with Crippen molar-refractivity contribution in [1.29, 1.82) is 0 Å². The summed E-state index contributed by atoms with van der Waals surface area (Å²) in [5.41, 5.74) is 6.13. The van der Waals surface area contributed by atoms with Crippen LogP contribution in [-0.2, 0) is 31.9 Å². The van der Waals surface area contributed by atoms with Gasteiger partial charge in [-0.15, -0.1) is 0 Å². The van der Waals surface area contributed by atoms with Gasteiger partial charge >= 0.3 is 18.6 Å². The van der Waals surface area contributed by atoms with E-state index in [-0.39, 0.29) is 43.4 Å². The van der Waals surface area contributed by atoms with Gasteiger partial charge in [0.2, 0.25) is 0 Å². The summed E-state index contributed by atoms with van der Waals surface area (Å²) >= 11 is 0. The van der Waals surface area contributed by atoms with Gasteiger partial charge in [0, 0.05) is 0 Å². The van der Waals surface area contributed by atoms with Crippen molar-refractivity contribution < 1.29 is 43.4 Å². The third-order valence-corrected chi connectivity index (χ3v) is 7.60. The molecule has 0 bridgehead atoms. The van der Waals surface area contributed by atoms with Gasteiger partial charge in [0.15, 0.2) is 11.6 Å². The van der Waals surface area contributed by atoms with E-state index < -0.39 is 0 Å². The standard InChI is InChI=1S/C29H31N7.2ClH.V/c1-3-14-26-22(10-1)31-28(35(26)20-33-16-5-6-17-33)24-12-9-13-25(30-24)29-32-23-11-2-4-15-27(23)36(29)21-34-18-7-8-19-34;;;/h1-4,9-15H,5-8,16-21H2;2*1H;/q;;;+2/p-2. The van der Waals surface area contributed by atoms with Gasteiger partial charge in [0.1, 0.15) is 11.4 Å². The first-order chi connectivity index (χ1) is 17.8. The molecule has 2 aliphatic rings. The molecule has 3 aromatic heterocycles. The van der Waals surface area contributed by atoms with Gasteiger partial charge in [0.05, 0.1) is 35.4 Å². The summed E-state index contributed by atoms with van der Waals surface area (Å²) in [6.45, 7) is 6.24. The van der Waals surface area contributed by atoms with Gasteiger partial charge in [-0.05, 0) is 88.3 Å². The number of halogens is 2. The topological polar surface area (TPSA) is 55.0 Å². The molecule has 7 rings (SSSR count). The van der Waals surface area contributed by atoms with Crippen LogP contribution < -0.4 is 24.8 Å². The molecular formula is C29H31Cl2N7V. The molecule has 39 heavy (non-hydrogen) atoms. The van der Waals surface area contributed by atoms with E-state index in [1.807, 2.05) is 0 Å². The summed E-state index contributed by atoms with van der Waals surface area (Å²) < 4.78 is 4.67. The van der Waals surface area contributed by atoms with E-state index in [2.05, 4.69) is 85.7 Å². The molecule has 0 unspecified atom stereocenters. The normalized spacial score (nSPS) is 15.8. The third-order valence-electron chi connectivity index (χ3n) is 7.60. The minimum Gasteiger partial charge on any atom is -1.00 e. The number of pyridine rings is 1. The van der Waals surface area contributed by atoms with Crippen LogP contribution in [0.5, 0.6) is 0 Å². The molecule has 2 saturated heterocycles. The van der Waals surface area contributed by atoms with Crippen LogP contribution in [0.1, 0.15) is 25.7 Å². The Morgan fingerprint density at radius 1 is 0.513 bits per heavy atom. The number of likely N-dealkylation sites (tertiary alicyclic amines) is 2. The fourth-order valence-electron chi connectivity index (χ4n) is 5.76. The largest absolute Gasteiger partial charge is 2.00 e. The maximum atomic E-state index is 5.17. The first-order valence-electron chi connectivity index (χ1n) is 13.2. The van der Waals surface area contributed by atoms with E-state index in [4.69, 9.17) is 15.0 Å². The van der Waals surface area contributed by atoms with Crippen molar-refractivity contribution in [2.45, 2.75) is 39.0 Å². The number of benzene rings is 2. The quantitative estimate of drug-likeness (QED) is 0.257. The Bertz CT molecular complexity index is 1430. The number of aromatic nitrogens is 5. The second-order valence-electron chi connectivity index (χ2n) is 10.0. The van der Waals surface area contributed by atoms with Gasteiger partial charge in [-0.1, -0.05) is 30.3 Å². The van der Waals surface area contributed by atoms with Crippen molar-refractivity contribution in [1.82, 2.24) is 33.9 Å². The van der Waals surface area contributed by atoms with E-state index in [0.717, 1.165) is 84.6 Å². The summed E-state index contributed by atoms with van der Waals surface area (Å²) in [6.07, 6.45) is 5.07. The van der Waals surface area contributed by atoms with E-state index >= 15 is 0 Å². The van der Waals surface area contributed by atoms with Crippen LogP contribution >= 0.6 is 0 Å². The van der Waals surface area contributed by atoms with Gasteiger partial charge < -0.3 is 33.9 Å². The Kier molecular flexibility index (Phi) is 9.75. The van der Waals surface area contributed by atoms with Crippen molar-refractivity contribution >= 4 is 22.1 Å².